The first-order valence-corrected chi connectivity index (χ1v) is 8.44. The number of hydroxylamine groups is 2. The predicted molar refractivity (Wildman–Crippen MR) is 91.0 cm³/mol. The van der Waals surface area contributed by atoms with Crippen LogP contribution in [0.2, 0.25) is 0 Å². The zero-order valence-electron chi connectivity index (χ0n) is 15.6. The van der Waals surface area contributed by atoms with Crippen LogP contribution in [0, 0.1) is 5.41 Å². The third-order valence-corrected chi connectivity index (χ3v) is 4.11. The number of hydrogen-bond donors (Lipinski definition) is 0. The summed E-state index contributed by atoms with van der Waals surface area (Å²) in [7, 11) is 1.42. The van der Waals surface area contributed by atoms with Gasteiger partial charge in [-0.2, -0.15) is 18.2 Å². The highest BCUT2D eigenvalue weighted by Crippen LogP contribution is 2.30. The van der Waals surface area contributed by atoms with E-state index in [1.807, 2.05) is 20.8 Å². The second-order valence-electron chi connectivity index (χ2n) is 6.78. The van der Waals surface area contributed by atoms with Gasteiger partial charge in [0, 0.05) is 11.0 Å². The maximum absolute atomic E-state index is 12.6. The molecular formula is C18H22F3N3O3. The van der Waals surface area contributed by atoms with Crippen LogP contribution in [0.15, 0.2) is 28.8 Å². The number of carbonyl (C=O) groups is 1. The van der Waals surface area contributed by atoms with Crippen molar-refractivity contribution in [3.63, 3.8) is 0 Å². The first kappa shape index (κ1) is 20.9. The molecule has 1 aromatic carbocycles. The second kappa shape index (κ2) is 8.08. The molecular weight excluding hydrogens is 363 g/mol. The van der Waals surface area contributed by atoms with E-state index < -0.39 is 17.5 Å². The Morgan fingerprint density at radius 2 is 1.85 bits per heavy atom. The highest BCUT2D eigenvalue weighted by Gasteiger charge is 2.38. The van der Waals surface area contributed by atoms with E-state index in [4.69, 9.17) is 4.84 Å². The van der Waals surface area contributed by atoms with E-state index >= 15 is 0 Å². The average molecular weight is 385 g/mol. The zero-order valence-corrected chi connectivity index (χ0v) is 15.6. The predicted octanol–water partition coefficient (Wildman–Crippen LogP) is 4.47. The van der Waals surface area contributed by atoms with Gasteiger partial charge in [-0.25, -0.2) is 5.06 Å². The lowest BCUT2D eigenvalue weighted by atomic mass is 9.87. The normalized spacial score (nSPS) is 12.3. The fourth-order valence-corrected chi connectivity index (χ4v) is 2.67. The van der Waals surface area contributed by atoms with Crippen molar-refractivity contribution < 1.29 is 27.3 Å². The maximum Gasteiger partial charge on any atom is 0.471 e. The van der Waals surface area contributed by atoms with Crippen molar-refractivity contribution in [2.24, 2.45) is 5.41 Å². The van der Waals surface area contributed by atoms with Gasteiger partial charge in [-0.3, -0.25) is 9.63 Å². The van der Waals surface area contributed by atoms with E-state index in [-0.39, 0.29) is 18.3 Å². The van der Waals surface area contributed by atoms with E-state index in [0.717, 1.165) is 18.4 Å². The summed E-state index contributed by atoms with van der Waals surface area (Å²) in [6.45, 7) is 5.95. The summed E-state index contributed by atoms with van der Waals surface area (Å²) in [5.74, 6) is -1.68. The van der Waals surface area contributed by atoms with Crippen molar-refractivity contribution in [1.82, 2.24) is 15.2 Å². The number of benzene rings is 1. The van der Waals surface area contributed by atoms with Gasteiger partial charge in [0.15, 0.2) is 0 Å². The van der Waals surface area contributed by atoms with Crippen molar-refractivity contribution in [2.45, 2.75) is 46.3 Å². The summed E-state index contributed by atoms with van der Waals surface area (Å²) in [5, 5.41) is 4.62. The van der Waals surface area contributed by atoms with E-state index in [1.165, 1.54) is 12.2 Å². The van der Waals surface area contributed by atoms with Gasteiger partial charge in [0.05, 0.1) is 13.7 Å². The lowest BCUT2D eigenvalue weighted by molar-refractivity contribution is -0.189. The number of amides is 1. The summed E-state index contributed by atoms with van der Waals surface area (Å²) in [6.07, 6.45) is -3.09. The molecule has 0 N–H and O–H groups in total. The molecule has 0 aliphatic carbocycles. The number of carbonyl (C=O) groups excluding carboxylic acids is 1. The van der Waals surface area contributed by atoms with Gasteiger partial charge < -0.3 is 4.52 Å². The SMILES string of the molecule is CCCC(C)(C)C(=O)N(Cc1ccc(-c2noc(C(F)(F)F)n2)cc1)OC. The first-order valence-electron chi connectivity index (χ1n) is 8.44. The Morgan fingerprint density at radius 1 is 1.22 bits per heavy atom. The van der Waals surface area contributed by atoms with Crippen LogP contribution in [0.1, 0.15) is 45.1 Å². The minimum atomic E-state index is -4.68. The van der Waals surface area contributed by atoms with Crippen molar-refractivity contribution in [3.05, 3.63) is 35.7 Å². The van der Waals surface area contributed by atoms with Gasteiger partial charge in [0.25, 0.3) is 5.91 Å². The molecule has 0 radical (unpaired) electrons. The van der Waals surface area contributed by atoms with Crippen molar-refractivity contribution in [1.29, 1.82) is 0 Å². The molecule has 0 atom stereocenters. The van der Waals surface area contributed by atoms with Gasteiger partial charge in [-0.1, -0.05) is 56.6 Å². The maximum atomic E-state index is 12.6. The number of hydrogen-bond acceptors (Lipinski definition) is 5. The molecule has 0 saturated carbocycles. The highest BCUT2D eigenvalue weighted by atomic mass is 19.4. The summed E-state index contributed by atoms with van der Waals surface area (Å²) >= 11 is 0. The molecule has 1 aromatic heterocycles. The molecule has 1 heterocycles. The van der Waals surface area contributed by atoms with Gasteiger partial charge >= 0.3 is 12.1 Å². The van der Waals surface area contributed by atoms with Crippen LogP contribution in [0.3, 0.4) is 0 Å². The van der Waals surface area contributed by atoms with Crippen molar-refractivity contribution in [2.75, 3.05) is 7.11 Å². The smallest absolute Gasteiger partial charge is 0.329 e. The lowest BCUT2D eigenvalue weighted by Crippen LogP contribution is -2.39. The fraction of sp³-hybridized carbons (Fsp3) is 0.500. The number of alkyl halides is 3. The topological polar surface area (TPSA) is 68.5 Å². The van der Waals surface area contributed by atoms with Crippen molar-refractivity contribution >= 4 is 5.91 Å². The molecule has 0 aliphatic heterocycles. The molecule has 1 amide bonds. The Kier molecular flexibility index (Phi) is 6.25. The third kappa shape index (κ3) is 5.06. The van der Waals surface area contributed by atoms with E-state index in [0.29, 0.717) is 5.56 Å². The Balaban J connectivity index is 2.12. The lowest BCUT2D eigenvalue weighted by Gasteiger charge is -2.30. The molecule has 0 saturated heterocycles. The summed E-state index contributed by atoms with van der Waals surface area (Å²) in [5.41, 5.74) is 0.573. The Hall–Kier alpha value is -2.42. The van der Waals surface area contributed by atoms with E-state index in [1.54, 1.807) is 24.3 Å². The monoisotopic (exact) mass is 385 g/mol. The minimum absolute atomic E-state index is 0.135. The third-order valence-electron chi connectivity index (χ3n) is 4.11. The first-order chi connectivity index (χ1) is 12.6. The molecule has 0 spiro atoms. The minimum Gasteiger partial charge on any atom is -0.329 e. The Labute approximate surface area is 155 Å². The fourth-order valence-electron chi connectivity index (χ4n) is 2.67. The van der Waals surface area contributed by atoms with Crippen LogP contribution in [0.25, 0.3) is 11.4 Å². The summed E-state index contributed by atoms with van der Waals surface area (Å²) in [6, 6.07) is 6.47. The van der Waals surface area contributed by atoms with Crippen LogP contribution >= 0.6 is 0 Å². The molecule has 0 bridgehead atoms. The van der Waals surface area contributed by atoms with Gasteiger partial charge in [-0.05, 0) is 12.0 Å². The molecule has 27 heavy (non-hydrogen) atoms. The molecule has 0 aliphatic rings. The number of halogens is 3. The Morgan fingerprint density at radius 3 is 2.33 bits per heavy atom. The summed E-state index contributed by atoms with van der Waals surface area (Å²) < 4.78 is 41.9. The van der Waals surface area contributed by atoms with Gasteiger partial charge in [-0.15, -0.1) is 0 Å². The molecule has 9 heteroatoms. The molecule has 0 unspecified atom stereocenters. The molecule has 148 valence electrons. The van der Waals surface area contributed by atoms with Gasteiger partial charge in [0.2, 0.25) is 5.82 Å². The average Bonchev–Trinajstić information content (AvgIpc) is 3.10. The van der Waals surface area contributed by atoms with Gasteiger partial charge in [0.1, 0.15) is 0 Å². The van der Waals surface area contributed by atoms with Crippen LogP contribution in [0.4, 0.5) is 13.2 Å². The van der Waals surface area contributed by atoms with Crippen LogP contribution in [0.5, 0.6) is 0 Å². The zero-order chi connectivity index (χ0) is 20.2. The molecule has 6 nitrogen and oxygen atoms in total. The number of nitrogens with zero attached hydrogens (tertiary/aromatic N) is 3. The molecule has 0 fully saturated rings. The number of rotatable bonds is 7. The highest BCUT2D eigenvalue weighted by molar-refractivity contribution is 5.81. The molecule has 2 rings (SSSR count). The second-order valence-corrected chi connectivity index (χ2v) is 6.78. The summed E-state index contributed by atoms with van der Waals surface area (Å²) in [4.78, 5) is 21.2. The quantitative estimate of drug-likeness (QED) is 0.658. The largest absolute Gasteiger partial charge is 0.471 e. The van der Waals surface area contributed by atoms with Crippen LogP contribution in [-0.2, 0) is 22.4 Å². The number of aromatic nitrogens is 2. The Bertz CT molecular complexity index is 770. The van der Waals surface area contributed by atoms with E-state index in [9.17, 15) is 18.0 Å². The molecule has 2 aromatic rings. The standard InChI is InChI=1S/C18H22F3N3O3/c1-5-10-17(2,3)16(25)24(26-4)11-12-6-8-13(9-7-12)14-22-15(27-23-14)18(19,20)21/h6-9H,5,10-11H2,1-4H3. The van der Waals surface area contributed by atoms with Crippen LogP contribution < -0.4 is 0 Å². The van der Waals surface area contributed by atoms with E-state index in [2.05, 4.69) is 14.7 Å². The van der Waals surface area contributed by atoms with Crippen LogP contribution in [-0.4, -0.2) is 28.2 Å². The van der Waals surface area contributed by atoms with Crippen molar-refractivity contribution in [3.8, 4) is 11.4 Å².